The molecule has 0 radical (unpaired) electrons. The number of hydrogen-bond donors (Lipinski definition) is 0. The summed E-state index contributed by atoms with van der Waals surface area (Å²) >= 11 is 12.8. The molecule has 0 aliphatic carbocycles. The molecule has 0 saturated carbocycles. The van der Waals surface area contributed by atoms with Crippen LogP contribution in [-0.4, -0.2) is 10.2 Å². The smallest absolute Gasteiger partial charge is 0.102 e. The van der Waals surface area contributed by atoms with Gasteiger partial charge in [0.1, 0.15) is 5.69 Å². The molecule has 3 aromatic carbocycles. The molecule has 4 rings (SSSR count). The minimum absolute atomic E-state index is 0.644. The quantitative estimate of drug-likeness (QED) is 0.372. The lowest BCUT2D eigenvalue weighted by Gasteiger charge is -2.12. The average Bonchev–Trinajstić information content (AvgIpc) is 2.69. The van der Waals surface area contributed by atoms with Crippen LogP contribution < -0.4 is 0 Å². The number of benzene rings is 3. The van der Waals surface area contributed by atoms with Gasteiger partial charge in [0.05, 0.1) is 15.7 Å². The van der Waals surface area contributed by atoms with Crippen molar-refractivity contribution < 1.29 is 0 Å². The SMILES string of the molecule is Cc1ccc(-c2cc(-c3ccccc3Cl)nnc2-c2ccccc2Cl)cc1. The van der Waals surface area contributed by atoms with E-state index in [4.69, 9.17) is 23.2 Å². The Morgan fingerprint density at radius 1 is 0.630 bits per heavy atom. The van der Waals surface area contributed by atoms with Crippen LogP contribution in [-0.2, 0) is 0 Å². The molecule has 1 aromatic heterocycles. The van der Waals surface area contributed by atoms with Crippen molar-refractivity contribution in [3.05, 3.63) is 94.5 Å². The second-order valence-corrected chi connectivity index (χ2v) is 7.13. The molecule has 0 bridgehead atoms. The summed E-state index contributed by atoms with van der Waals surface area (Å²) in [7, 11) is 0. The zero-order chi connectivity index (χ0) is 18.8. The van der Waals surface area contributed by atoms with Gasteiger partial charge in [-0.15, -0.1) is 10.2 Å². The van der Waals surface area contributed by atoms with Crippen LogP contribution in [0.5, 0.6) is 0 Å². The van der Waals surface area contributed by atoms with E-state index in [0.717, 1.165) is 33.6 Å². The topological polar surface area (TPSA) is 25.8 Å². The Kier molecular flexibility index (Phi) is 4.93. The molecular formula is C23H16Cl2N2. The van der Waals surface area contributed by atoms with Gasteiger partial charge in [-0.05, 0) is 30.7 Å². The van der Waals surface area contributed by atoms with Gasteiger partial charge in [-0.25, -0.2) is 0 Å². The van der Waals surface area contributed by atoms with E-state index in [9.17, 15) is 0 Å². The Morgan fingerprint density at radius 2 is 1.22 bits per heavy atom. The van der Waals surface area contributed by atoms with Crippen molar-refractivity contribution in [2.45, 2.75) is 6.92 Å². The first kappa shape index (κ1) is 17.7. The van der Waals surface area contributed by atoms with E-state index < -0.39 is 0 Å². The molecular weight excluding hydrogens is 375 g/mol. The third kappa shape index (κ3) is 3.59. The van der Waals surface area contributed by atoms with Crippen LogP contribution in [0.15, 0.2) is 78.9 Å². The summed E-state index contributed by atoms with van der Waals surface area (Å²) in [5.41, 5.74) is 6.41. The molecule has 1 heterocycles. The number of aryl methyl sites for hydroxylation is 1. The number of halogens is 2. The van der Waals surface area contributed by atoms with Gasteiger partial charge in [0.25, 0.3) is 0 Å². The Morgan fingerprint density at radius 3 is 1.85 bits per heavy atom. The normalized spacial score (nSPS) is 10.8. The van der Waals surface area contributed by atoms with Crippen molar-refractivity contribution in [2.24, 2.45) is 0 Å². The van der Waals surface area contributed by atoms with Gasteiger partial charge < -0.3 is 0 Å². The second-order valence-electron chi connectivity index (χ2n) is 6.32. The lowest BCUT2D eigenvalue weighted by atomic mass is 9.97. The molecule has 0 aliphatic heterocycles. The van der Waals surface area contributed by atoms with Gasteiger partial charge in [-0.2, -0.15) is 0 Å². The third-order valence-electron chi connectivity index (χ3n) is 4.44. The highest BCUT2D eigenvalue weighted by Crippen LogP contribution is 2.37. The van der Waals surface area contributed by atoms with E-state index in [1.807, 2.05) is 54.6 Å². The highest BCUT2D eigenvalue weighted by molar-refractivity contribution is 6.33. The number of nitrogens with zero attached hydrogens (tertiary/aromatic N) is 2. The molecule has 132 valence electrons. The van der Waals surface area contributed by atoms with Gasteiger partial charge in [0.15, 0.2) is 0 Å². The Bertz CT molecular complexity index is 1110. The van der Waals surface area contributed by atoms with E-state index in [0.29, 0.717) is 10.0 Å². The molecule has 0 unspecified atom stereocenters. The Balaban J connectivity index is 1.96. The summed E-state index contributed by atoms with van der Waals surface area (Å²) in [5, 5.41) is 10.3. The predicted octanol–water partition coefficient (Wildman–Crippen LogP) is 7.09. The Hall–Kier alpha value is -2.68. The van der Waals surface area contributed by atoms with E-state index >= 15 is 0 Å². The van der Waals surface area contributed by atoms with Crippen molar-refractivity contribution in [2.75, 3.05) is 0 Å². The van der Waals surface area contributed by atoms with Crippen molar-refractivity contribution in [1.82, 2.24) is 10.2 Å². The predicted molar refractivity (Wildman–Crippen MR) is 113 cm³/mol. The standard InChI is InChI=1S/C23H16Cl2N2/c1-15-10-12-16(13-11-15)19-14-22(17-6-2-4-8-20(17)24)26-27-23(19)18-7-3-5-9-21(18)25/h2-14H,1H3. The highest BCUT2D eigenvalue weighted by Gasteiger charge is 2.15. The maximum Gasteiger partial charge on any atom is 0.102 e. The summed E-state index contributed by atoms with van der Waals surface area (Å²) in [6.07, 6.45) is 0. The molecule has 0 spiro atoms. The molecule has 4 aromatic rings. The zero-order valence-corrected chi connectivity index (χ0v) is 16.2. The van der Waals surface area contributed by atoms with Crippen LogP contribution in [0.25, 0.3) is 33.6 Å². The van der Waals surface area contributed by atoms with Crippen LogP contribution in [0.2, 0.25) is 10.0 Å². The average molecular weight is 391 g/mol. The van der Waals surface area contributed by atoms with Gasteiger partial charge in [0.2, 0.25) is 0 Å². The number of rotatable bonds is 3. The summed E-state index contributed by atoms with van der Waals surface area (Å²) in [6, 6.07) is 25.7. The third-order valence-corrected chi connectivity index (χ3v) is 5.09. The lowest BCUT2D eigenvalue weighted by Crippen LogP contribution is -1.96. The van der Waals surface area contributed by atoms with Crippen molar-refractivity contribution in [3.8, 4) is 33.6 Å². The van der Waals surface area contributed by atoms with Crippen molar-refractivity contribution in [3.63, 3.8) is 0 Å². The summed E-state index contributed by atoms with van der Waals surface area (Å²) in [5.74, 6) is 0. The largest absolute Gasteiger partial charge is 0.150 e. The van der Waals surface area contributed by atoms with Crippen LogP contribution in [0.1, 0.15) is 5.56 Å². The zero-order valence-electron chi connectivity index (χ0n) is 14.7. The summed E-state index contributed by atoms with van der Waals surface area (Å²) in [4.78, 5) is 0. The first-order valence-electron chi connectivity index (χ1n) is 8.58. The minimum atomic E-state index is 0.644. The lowest BCUT2D eigenvalue weighted by molar-refractivity contribution is 1.05. The van der Waals surface area contributed by atoms with E-state index in [-0.39, 0.29) is 0 Å². The fourth-order valence-corrected chi connectivity index (χ4v) is 3.46. The fourth-order valence-electron chi connectivity index (χ4n) is 3.00. The summed E-state index contributed by atoms with van der Waals surface area (Å²) < 4.78 is 0. The molecule has 0 N–H and O–H groups in total. The molecule has 4 heteroatoms. The molecule has 0 aliphatic rings. The van der Waals surface area contributed by atoms with Crippen LogP contribution in [0, 0.1) is 6.92 Å². The molecule has 2 nitrogen and oxygen atoms in total. The van der Waals surface area contributed by atoms with E-state index in [1.165, 1.54) is 5.56 Å². The number of hydrogen-bond acceptors (Lipinski definition) is 2. The maximum absolute atomic E-state index is 6.44. The highest BCUT2D eigenvalue weighted by atomic mass is 35.5. The van der Waals surface area contributed by atoms with Gasteiger partial charge in [-0.1, -0.05) is 89.4 Å². The fraction of sp³-hybridized carbons (Fsp3) is 0.0435. The maximum atomic E-state index is 6.44. The van der Waals surface area contributed by atoms with E-state index in [2.05, 4.69) is 41.4 Å². The van der Waals surface area contributed by atoms with Crippen molar-refractivity contribution in [1.29, 1.82) is 0 Å². The van der Waals surface area contributed by atoms with Gasteiger partial charge in [0, 0.05) is 16.7 Å². The monoisotopic (exact) mass is 390 g/mol. The minimum Gasteiger partial charge on any atom is -0.150 e. The molecule has 0 saturated heterocycles. The number of aromatic nitrogens is 2. The van der Waals surface area contributed by atoms with Crippen LogP contribution >= 0.6 is 23.2 Å². The van der Waals surface area contributed by atoms with Gasteiger partial charge in [-0.3, -0.25) is 0 Å². The molecule has 0 atom stereocenters. The summed E-state index contributed by atoms with van der Waals surface area (Å²) in [6.45, 7) is 2.07. The molecule has 27 heavy (non-hydrogen) atoms. The first-order chi connectivity index (χ1) is 13.1. The molecule has 0 amide bonds. The Labute approximate surface area is 168 Å². The second kappa shape index (κ2) is 7.51. The van der Waals surface area contributed by atoms with Crippen LogP contribution in [0.3, 0.4) is 0 Å². The first-order valence-corrected chi connectivity index (χ1v) is 9.33. The van der Waals surface area contributed by atoms with E-state index in [1.54, 1.807) is 0 Å². The van der Waals surface area contributed by atoms with Crippen LogP contribution in [0.4, 0.5) is 0 Å². The van der Waals surface area contributed by atoms with Crippen molar-refractivity contribution >= 4 is 23.2 Å². The molecule has 0 fully saturated rings. The van der Waals surface area contributed by atoms with Gasteiger partial charge >= 0.3 is 0 Å².